The highest BCUT2D eigenvalue weighted by Gasteiger charge is 2.34. The van der Waals surface area contributed by atoms with Gasteiger partial charge in [0.15, 0.2) is 0 Å². The summed E-state index contributed by atoms with van der Waals surface area (Å²) in [7, 11) is 0. The zero-order chi connectivity index (χ0) is 22.5. The molecule has 1 saturated carbocycles. The number of carbonyl (C=O) groups excluding carboxylic acids is 2. The molecule has 3 atom stereocenters. The molecule has 0 bridgehead atoms. The summed E-state index contributed by atoms with van der Waals surface area (Å²) in [4.78, 5) is 24.6. The summed E-state index contributed by atoms with van der Waals surface area (Å²) in [5, 5.41) is 2.53. The van der Waals surface area contributed by atoms with Crippen LogP contribution >= 0.6 is 0 Å². The van der Waals surface area contributed by atoms with Crippen LogP contribution in [0.2, 0.25) is 0 Å². The van der Waals surface area contributed by atoms with E-state index in [4.69, 9.17) is 9.47 Å². The summed E-state index contributed by atoms with van der Waals surface area (Å²) in [6, 6.07) is 3.99. The Balaban J connectivity index is 2.12. The molecular weight excluding hydrogens is 385 g/mol. The van der Waals surface area contributed by atoms with E-state index < -0.39 is 29.8 Å². The van der Waals surface area contributed by atoms with Gasteiger partial charge in [0, 0.05) is 5.92 Å². The maximum Gasteiger partial charge on any atom is 0.408 e. The van der Waals surface area contributed by atoms with Crippen LogP contribution in [0.5, 0.6) is 0 Å². The van der Waals surface area contributed by atoms with Crippen LogP contribution in [-0.4, -0.2) is 29.8 Å². The van der Waals surface area contributed by atoms with Gasteiger partial charge in [-0.15, -0.1) is 0 Å². The first-order valence-electron chi connectivity index (χ1n) is 10.9. The molecule has 0 aromatic heterocycles. The maximum atomic E-state index is 13.7. The predicted molar refractivity (Wildman–Crippen MR) is 115 cm³/mol. The third-order valence-electron chi connectivity index (χ3n) is 5.64. The second-order valence-electron chi connectivity index (χ2n) is 9.43. The van der Waals surface area contributed by atoms with E-state index in [1.807, 2.05) is 19.9 Å². The first-order valence-corrected chi connectivity index (χ1v) is 10.9. The van der Waals surface area contributed by atoms with E-state index in [1.165, 1.54) is 18.6 Å². The van der Waals surface area contributed by atoms with Crippen LogP contribution in [-0.2, 0) is 14.3 Å². The van der Waals surface area contributed by atoms with Crippen LogP contribution in [0, 0.1) is 18.7 Å². The number of carbonyl (C=O) groups is 2. The normalized spacial score (nSPS) is 18.2. The molecule has 5 nitrogen and oxygen atoms in total. The number of aryl methyl sites for hydroxylation is 1. The van der Waals surface area contributed by atoms with Crippen molar-refractivity contribution >= 4 is 12.1 Å². The Hall–Kier alpha value is -2.11. The van der Waals surface area contributed by atoms with Crippen LogP contribution < -0.4 is 5.32 Å². The van der Waals surface area contributed by atoms with E-state index in [-0.39, 0.29) is 11.7 Å². The first kappa shape index (κ1) is 24.2. The van der Waals surface area contributed by atoms with Crippen LogP contribution in [0.15, 0.2) is 18.2 Å². The standard InChI is InChI=1S/C24H36FNO4/c1-15-14-19(25)12-13-20(15)21(18-10-8-7-9-11-18)17(3)29-22(27)16(2)26-23(28)30-24(4,5)6/h12-14,16-18,21H,7-11H2,1-6H3,(H,26,28)/t16-,17+,21-/m0/s1. The Kier molecular flexibility index (Phi) is 8.27. The molecule has 1 aliphatic rings. The monoisotopic (exact) mass is 421 g/mol. The fourth-order valence-corrected chi connectivity index (χ4v) is 4.30. The van der Waals surface area contributed by atoms with Crippen LogP contribution in [0.1, 0.15) is 83.8 Å². The average Bonchev–Trinajstić information content (AvgIpc) is 2.63. The Labute approximate surface area is 179 Å². The van der Waals surface area contributed by atoms with Gasteiger partial charge in [0.1, 0.15) is 23.6 Å². The lowest BCUT2D eigenvalue weighted by molar-refractivity contribution is -0.152. The van der Waals surface area contributed by atoms with Gasteiger partial charge in [0.05, 0.1) is 0 Å². The lowest BCUT2D eigenvalue weighted by Crippen LogP contribution is -2.44. The zero-order valence-electron chi connectivity index (χ0n) is 19.1. The molecule has 0 heterocycles. The number of amides is 1. The second-order valence-corrected chi connectivity index (χ2v) is 9.43. The number of ether oxygens (including phenoxy) is 2. The summed E-state index contributed by atoms with van der Waals surface area (Å²) in [6.07, 6.45) is 4.60. The van der Waals surface area contributed by atoms with E-state index in [0.717, 1.165) is 36.8 Å². The molecule has 0 unspecified atom stereocenters. The van der Waals surface area contributed by atoms with E-state index in [9.17, 15) is 14.0 Å². The van der Waals surface area contributed by atoms with Crippen molar-refractivity contribution in [2.24, 2.45) is 5.92 Å². The molecule has 1 fully saturated rings. The van der Waals surface area contributed by atoms with Gasteiger partial charge in [-0.3, -0.25) is 0 Å². The van der Waals surface area contributed by atoms with Crippen LogP contribution in [0.3, 0.4) is 0 Å². The second kappa shape index (κ2) is 10.3. The van der Waals surface area contributed by atoms with Gasteiger partial charge >= 0.3 is 12.1 Å². The molecular formula is C24H36FNO4. The van der Waals surface area contributed by atoms with Crippen LogP contribution in [0.4, 0.5) is 9.18 Å². The van der Waals surface area contributed by atoms with E-state index in [1.54, 1.807) is 27.7 Å². The van der Waals surface area contributed by atoms with Crippen molar-refractivity contribution < 1.29 is 23.5 Å². The summed E-state index contributed by atoms with van der Waals surface area (Å²) in [6.45, 7) is 10.7. The molecule has 6 heteroatoms. The number of hydrogen-bond donors (Lipinski definition) is 1. The van der Waals surface area contributed by atoms with E-state index in [0.29, 0.717) is 5.92 Å². The van der Waals surface area contributed by atoms with Gasteiger partial charge in [-0.05, 0) is 83.6 Å². The minimum absolute atomic E-state index is 0.0106. The SMILES string of the molecule is Cc1cc(F)ccc1[C@H](C1CCCCC1)[C@@H](C)OC(=O)[C@H](C)NC(=O)OC(C)(C)C. The molecule has 168 valence electrons. The fourth-order valence-electron chi connectivity index (χ4n) is 4.30. The lowest BCUT2D eigenvalue weighted by Gasteiger charge is -2.35. The summed E-state index contributed by atoms with van der Waals surface area (Å²) in [5.41, 5.74) is 1.25. The summed E-state index contributed by atoms with van der Waals surface area (Å²) in [5.74, 6) is -0.407. The van der Waals surface area contributed by atoms with Crippen molar-refractivity contribution in [1.82, 2.24) is 5.32 Å². The Morgan fingerprint density at radius 3 is 2.33 bits per heavy atom. The van der Waals surface area contributed by atoms with Crippen molar-refractivity contribution in [3.05, 3.63) is 35.1 Å². The largest absolute Gasteiger partial charge is 0.460 e. The van der Waals surface area contributed by atoms with Gasteiger partial charge in [-0.2, -0.15) is 0 Å². The molecule has 0 aliphatic heterocycles. The molecule has 0 saturated heterocycles. The Morgan fingerprint density at radius 1 is 1.13 bits per heavy atom. The molecule has 30 heavy (non-hydrogen) atoms. The fraction of sp³-hybridized carbons (Fsp3) is 0.667. The first-order chi connectivity index (χ1) is 14.0. The number of hydrogen-bond acceptors (Lipinski definition) is 4. The lowest BCUT2D eigenvalue weighted by atomic mass is 9.73. The minimum Gasteiger partial charge on any atom is -0.460 e. The predicted octanol–water partition coefficient (Wildman–Crippen LogP) is 5.64. The number of nitrogens with one attached hydrogen (secondary N) is 1. The van der Waals surface area contributed by atoms with Crippen molar-refractivity contribution in [2.45, 2.75) is 97.3 Å². The number of halogens is 1. The molecule has 2 rings (SSSR count). The number of esters is 1. The van der Waals surface area contributed by atoms with E-state index >= 15 is 0 Å². The molecule has 1 aromatic carbocycles. The molecule has 0 radical (unpaired) electrons. The summed E-state index contributed by atoms with van der Waals surface area (Å²) < 4.78 is 24.7. The molecule has 1 aromatic rings. The van der Waals surface area contributed by atoms with Gasteiger partial charge < -0.3 is 14.8 Å². The minimum atomic E-state index is -0.830. The highest BCUT2D eigenvalue weighted by Crippen LogP contribution is 2.40. The van der Waals surface area contributed by atoms with E-state index in [2.05, 4.69) is 5.32 Å². The zero-order valence-corrected chi connectivity index (χ0v) is 19.1. The van der Waals surface area contributed by atoms with Crippen molar-refractivity contribution in [3.8, 4) is 0 Å². The van der Waals surface area contributed by atoms with Crippen molar-refractivity contribution in [1.29, 1.82) is 0 Å². The van der Waals surface area contributed by atoms with Crippen molar-refractivity contribution in [2.75, 3.05) is 0 Å². The van der Waals surface area contributed by atoms with Gasteiger partial charge in [0.25, 0.3) is 0 Å². The van der Waals surface area contributed by atoms with Crippen LogP contribution in [0.25, 0.3) is 0 Å². The molecule has 1 aliphatic carbocycles. The topological polar surface area (TPSA) is 64.6 Å². The van der Waals surface area contributed by atoms with Gasteiger partial charge in [-0.1, -0.05) is 25.3 Å². The number of benzene rings is 1. The number of alkyl carbamates (subject to hydrolysis) is 1. The summed E-state index contributed by atoms with van der Waals surface area (Å²) >= 11 is 0. The van der Waals surface area contributed by atoms with Gasteiger partial charge in [0.2, 0.25) is 0 Å². The van der Waals surface area contributed by atoms with Crippen molar-refractivity contribution in [3.63, 3.8) is 0 Å². The molecule has 1 N–H and O–H groups in total. The molecule has 0 spiro atoms. The smallest absolute Gasteiger partial charge is 0.408 e. The Bertz CT molecular complexity index is 737. The van der Waals surface area contributed by atoms with Gasteiger partial charge in [-0.25, -0.2) is 14.0 Å². The Morgan fingerprint density at radius 2 is 1.77 bits per heavy atom. The number of rotatable bonds is 6. The average molecular weight is 422 g/mol. The molecule has 1 amide bonds. The third-order valence-corrected chi connectivity index (χ3v) is 5.64. The highest BCUT2D eigenvalue weighted by molar-refractivity contribution is 5.81. The highest BCUT2D eigenvalue weighted by atomic mass is 19.1. The third kappa shape index (κ3) is 6.99. The quantitative estimate of drug-likeness (QED) is 0.604. The maximum absolute atomic E-state index is 13.7.